The Bertz CT molecular complexity index is 1130. The van der Waals surface area contributed by atoms with Crippen molar-refractivity contribution < 1.29 is 9.53 Å². The van der Waals surface area contributed by atoms with E-state index in [-0.39, 0.29) is 17.6 Å². The number of imidazole rings is 1. The summed E-state index contributed by atoms with van der Waals surface area (Å²) in [7, 11) is 5.24. The molecule has 1 aliphatic rings. The normalized spacial score (nSPS) is 17.0. The van der Waals surface area contributed by atoms with Gasteiger partial charge in [0.05, 0.1) is 24.2 Å². The monoisotopic (exact) mass is 421 g/mol. The van der Waals surface area contributed by atoms with Gasteiger partial charge in [-0.1, -0.05) is 31.0 Å². The summed E-state index contributed by atoms with van der Waals surface area (Å²) in [6.07, 6.45) is 5.49. The predicted octanol–water partition coefficient (Wildman–Crippen LogP) is 3.96. The first-order valence-corrected chi connectivity index (χ1v) is 11.1. The Morgan fingerprint density at radius 2 is 1.74 bits per heavy atom. The van der Waals surface area contributed by atoms with E-state index in [0.717, 1.165) is 54.6 Å². The highest BCUT2D eigenvalue weighted by atomic mass is 16.5. The maximum Gasteiger partial charge on any atom is 0.328 e. The molecular weight excluding hydrogens is 390 g/mol. The Labute approximate surface area is 183 Å². The van der Waals surface area contributed by atoms with Gasteiger partial charge in [0.2, 0.25) is 5.91 Å². The largest absolute Gasteiger partial charge is 0.497 e. The van der Waals surface area contributed by atoms with Crippen LogP contribution in [0.1, 0.15) is 49.3 Å². The molecule has 2 heterocycles. The zero-order chi connectivity index (χ0) is 22.0. The minimum Gasteiger partial charge on any atom is -0.497 e. The highest BCUT2D eigenvalue weighted by molar-refractivity contribution is 5.79. The molecule has 1 amide bonds. The number of fused-ring (bicyclic) bond motifs is 1. The third-order valence-electron chi connectivity index (χ3n) is 6.54. The molecule has 4 rings (SSSR count). The van der Waals surface area contributed by atoms with E-state index in [4.69, 9.17) is 4.74 Å². The van der Waals surface area contributed by atoms with Gasteiger partial charge < -0.3 is 9.64 Å². The number of carbonyl (C=O) groups is 1. The number of methoxy groups -OCH3 is 1. The predicted molar refractivity (Wildman–Crippen MR) is 122 cm³/mol. The van der Waals surface area contributed by atoms with Gasteiger partial charge in [0, 0.05) is 27.1 Å². The fourth-order valence-corrected chi connectivity index (χ4v) is 4.68. The van der Waals surface area contributed by atoms with E-state index in [1.807, 2.05) is 30.3 Å². The molecule has 0 radical (unpaired) electrons. The Balaban J connectivity index is 1.50. The Kier molecular flexibility index (Phi) is 6.16. The minimum atomic E-state index is -0.0323. The summed E-state index contributed by atoms with van der Waals surface area (Å²) in [5.41, 5.74) is 4.04. The Morgan fingerprint density at radius 1 is 1.00 bits per heavy atom. The molecule has 2 aromatic carbocycles. The second-order valence-electron chi connectivity index (χ2n) is 8.45. The van der Waals surface area contributed by atoms with E-state index in [0.29, 0.717) is 12.8 Å². The van der Waals surface area contributed by atoms with Crippen LogP contribution in [0.15, 0.2) is 47.3 Å². The van der Waals surface area contributed by atoms with Crippen molar-refractivity contribution in [3.05, 3.63) is 64.1 Å². The fourth-order valence-electron chi connectivity index (χ4n) is 4.68. The average Bonchev–Trinajstić information content (AvgIpc) is 2.98. The van der Waals surface area contributed by atoms with Gasteiger partial charge in [0.1, 0.15) is 5.75 Å². The Hall–Kier alpha value is -3.02. The molecule has 1 aromatic heterocycles. The van der Waals surface area contributed by atoms with Gasteiger partial charge in [-0.05, 0) is 54.7 Å². The molecule has 0 N–H and O–H groups in total. The topological polar surface area (TPSA) is 56.5 Å². The summed E-state index contributed by atoms with van der Waals surface area (Å²) >= 11 is 0. The maximum absolute atomic E-state index is 13.3. The van der Waals surface area contributed by atoms with Crippen LogP contribution in [0.4, 0.5) is 0 Å². The van der Waals surface area contributed by atoms with E-state index < -0.39 is 0 Å². The number of hydrogen-bond acceptors (Lipinski definition) is 3. The molecule has 6 nitrogen and oxygen atoms in total. The van der Waals surface area contributed by atoms with Crippen LogP contribution in [-0.2, 0) is 25.3 Å². The number of aromatic nitrogens is 2. The van der Waals surface area contributed by atoms with Crippen molar-refractivity contribution >= 4 is 16.9 Å². The first-order chi connectivity index (χ1) is 15.0. The van der Waals surface area contributed by atoms with Crippen LogP contribution in [0.3, 0.4) is 0 Å². The number of rotatable bonds is 5. The number of nitrogens with zero attached hydrogens (tertiary/aromatic N) is 3. The zero-order valence-corrected chi connectivity index (χ0v) is 18.6. The lowest BCUT2D eigenvalue weighted by molar-refractivity contribution is -0.133. The maximum atomic E-state index is 13.3. The molecule has 0 bridgehead atoms. The molecule has 3 aromatic rings. The molecular formula is C25H31N3O3. The van der Waals surface area contributed by atoms with Crippen molar-refractivity contribution in [3.8, 4) is 5.75 Å². The van der Waals surface area contributed by atoms with Crippen molar-refractivity contribution in [2.45, 2.75) is 44.6 Å². The van der Waals surface area contributed by atoms with E-state index in [9.17, 15) is 9.59 Å². The summed E-state index contributed by atoms with van der Waals surface area (Å²) in [5.74, 6) is 1.03. The first kappa shape index (κ1) is 21.2. The summed E-state index contributed by atoms with van der Waals surface area (Å²) in [4.78, 5) is 27.5. The zero-order valence-electron chi connectivity index (χ0n) is 18.6. The SMILES string of the molecule is COc1ccc(C2CCCCCN2C(=O)CCc2ccc3c(c2)n(C)c(=O)n3C)cc1. The van der Waals surface area contributed by atoms with Crippen LogP contribution in [0.5, 0.6) is 5.75 Å². The van der Waals surface area contributed by atoms with Crippen molar-refractivity contribution in [3.63, 3.8) is 0 Å². The number of likely N-dealkylation sites (tertiary alicyclic amines) is 1. The first-order valence-electron chi connectivity index (χ1n) is 11.1. The van der Waals surface area contributed by atoms with Crippen molar-refractivity contribution in [1.29, 1.82) is 0 Å². The van der Waals surface area contributed by atoms with Crippen molar-refractivity contribution in [2.75, 3.05) is 13.7 Å². The molecule has 0 aliphatic carbocycles. The highest BCUT2D eigenvalue weighted by Crippen LogP contribution is 2.32. The standard InChI is InChI=1S/C25H31N3O3/c1-26-22-14-8-18(17-23(22)27(2)25(26)30)9-15-24(29)28-16-6-4-5-7-21(28)19-10-12-20(31-3)13-11-19/h8,10-14,17,21H,4-7,9,15-16H2,1-3H3. The summed E-state index contributed by atoms with van der Waals surface area (Å²) < 4.78 is 8.60. The van der Waals surface area contributed by atoms with Crippen LogP contribution in [-0.4, -0.2) is 33.6 Å². The van der Waals surface area contributed by atoms with Crippen LogP contribution in [0, 0.1) is 0 Å². The summed E-state index contributed by atoms with van der Waals surface area (Å²) in [6, 6.07) is 14.3. The van der Waals surface area contributed by atoms with Crippen LogP contribution < -0.4 is 10.4 Å². The molecule has 6 heteroatoms. The van der Waals surface area contributed by atoms with Crippen molar-refractivity contribution in [1.82, 2.24) is 14.0 Å². The summed E-state index contributed by atoms with van der Waals surface area (Å²) in [5, 5.41) is 0. The van der Waals surface area contributed by atoms with Gasteiger partial charge in [0.15, 0.2) is 0 Å². The number of ether oxygens (including phenoxy) is 1. The lowest BCUT2D eigenvalue weighted by Gasteiger charge is -2.31. The third kappa shape index (κ3) is 4.24. The molecule has 1 atom stereocenters. The lowest BCUT2D eigenvalue weighted by atomic mass is 10.00. The molecule has 1 fully saturated rings. The smallest absolute Gasteiger partial charge is 0.328 e. The fraction of sp³-hybridized carbons (Fsp3) is 0.440. The molecule has 31 heavy (non-hydrogen) atoms. The Morgan fingerprint density at radius 3 is 2.48 bits per heavy atom. The highest BCUT2D eigenvalue weighted by Gasteiger charge is 2.26. The van der Waals surface area contributed by atoms with Gasteiger partial charge in [-0.15, -0.1) is 0 Å². The number of aryl methyl sites for hydroxylation is 3. The number of amides is 1. The van der Waals surface area contributed by atoms with Gasteiger partial charge in [-0.25, -0.2) is 4.79 Å². The molecule has 1 aliphatic heterocycles. The molecule has 0 saturated carbocycles. The molecule has 0 spiro atoms. The van der Waals surface area contributed by atoms with Crippen LogP contribution in [0.2, 0.25) is 0 Å². The van der Waals surface area contributed by atoms with Gasteiger partial charge >= 0.3 is 5.69 Å². The molecule has 1 unspecified atom stereocenters. The van der Waals surface area contributed by atoms with Gasteiger partial charge in [0.25, 0.3) is 0 Å². The van der Waals surface area contributed by atoms with Gasteiger partial charge in [-0.2, -0.15) is 0 Å². The average molecular weight is 422 g/mol. The second kappa shape index (κ2) is 9.00. The molecule has 164 valence electrons. The van der Waals surface area contributed by atoms with E-state index in [1.165, 1.54) is 5.56 Å². The molecule has 1 saturated heterocycles. The third-order valence-corrected chi connectivity index (χ3v) is 6.54. The number of hydrogen-bond donors (Lipinski definition) is 0. The number of benzene rings is 2. The van der Waals surface area contributed by atoms with Gasteiger partial charge in [-0.3, -0.25) is 13.9 Å². The van der Waals surface area contributed by atoms with E-state index in [1.54, 1.807) is 30.3 Å². The lowest BCUT2D eigenvalue weighted by Crippen LogP contribution is -2.35. The second-order valence-corrected chi connectivity index (χ2v) is 8.45. The minimum absolute atomic E-state index is 0.0323. The van der Waals surface area contributed by atoms with E-state index in [2.05, 4.69) is 17.0 Å². The quantitative estimate of drug-likeness (QED) is 0.627. The number of carbonyl (C=O) groups excluding carboxylic acids is 1. The van der Waals surface area contributed by atoms with Crippen LogP contribution >= 0.6 is 0 Å². The van der Waals surface area contributed by atoms with Crippen LogP contribution in [0.25, 0.3) is 11.0 Å². The van der Waals surface area contributed by atoms with Crippen molar-refractivity contribution in [2.24, 2.45) is 14.1 Å². The summed E-state index contributed by atoms with van der Waals surface area (Å²) in [6.45, 7) is 0.807. The van der Waals surface area contributed by atoms with E-state index >= 15 is 0 Å².